The van der Waals surface area contributed by atoms with Crippen LogP contribution in [0.5, 0.6) is 0 Å². The molecule has 130 valence electrons. The van der Waals surface area contributed by atoms with Crippen LogP contribution in [-0.2, 0) is 9.53 Å². The maximum Gasteiger partial charge on any atom is 0.339 e. The summed E-state index contributed by atoms with van der Waals surface area (Å²) in [6, 6.07) is 14.6. The summed E-state index contributed by atoms with van der Waals surface area (Å²) in [5, 5.41) is 0. The molecule has 4 nitrogen and oxygen atoms in total. The minimum Gasteiger partial charge on any atom is -0.444 e. The Kier molecular flexibility index (Phi) is 4.88. The number of aryl methyl sites for hydroxylation is 1. The molecule has 4 heteroatoms. The number of nitrogens with zero attached hydrogens (tertiary/aromatic N) is 1. The van der Waals surface area contributed by atoms with Gasteiger partial charge in [-0.2, -0.15) is 0 Å². The molecular weight excluding hydrogens is 314 g/mol. The van der Waals surface area contributed by atoms with E-state index in [4.69, 9.17) is 4.74 Å². The lowest BCUT2D eigenvalue weighted by Crippen LogP contribution is -2.32. The molecule has 0 aromatic heterocycles. The molecule has 0 saturated carbocycles. The van der Waals surface area contributed by atoms with Crippen molar-refractivity contribution in [2.24, 2.45) is 5.92 Å². The van der Waals surface area contributed by atoms with Gasteiger partial charge in [-0.3, -0.25) is 4.79 Å². The molecule has 2 aromatic carbocycles. The molecule has 1 aliphatic rings. The Hall–Kier alpha value is -2.62. The van der Waals surface area contributed by atoms with Crippen LogP contribution in [0.4, 0.5) is 5.69 Å². The summed E-state index contributed by atoms with van der Waals surface area (Å²) in [5.74, 6) is -0.143. The zero-order valence-electron chi connectivity index (χ0n) is 14.9. The van der Waals surface area contributed by atoms with Gasteiger partial charge < -0.3 is 9.64 Å². The Labute approximate surface area is 148 Å². The van der Waals surface area contributed by atoms with E-state index in [-0.39, 0.29) is 5.91 Å². The topological polar surface area (TPSA) is 46.6 Å². The molecule has 25 heavy (non-hydrogen) atoms. The Bertz CT molecular complexity index is 783. The number of anilines is 1. The van der Waals surface area contributed by atoms with Crippen molar-refractivity contribution >= 4 is 17.6 Å². The highest BCUT2D eigenvalue weighted by molar-refractivity contribution is 6.05. The average Bonchev–Trinajstić information content (AvgIpc) is 2.85. The molecule has 3 rings (SSSR count). The fourth-order valence-electron chi connectivity index (χ4n) is 3.00. The van der Waals surface area contributed by atoms with E-state index in [1.807, 2.05) is 31.2 Å². The number of benzene rings is 2. The molecule has 0 fully saturated rings. The number of ether oxygens (including phenoxy) is 1. The molecule has 0 radical (unpaired) electrons. The number of hydrogen-bond acceptors (Lipinski definition) is 3. The first kappa shape index (κ1) is 17.2. The molecule has 0 spiro atoms. The van der Waals surface area contributed by atoms with Crippen molar-refractivity contribution < 1.29 is 14.3 Å². The van der Waals surface area contributed by atoms with E-state index in [2.05, 4.69) is 13.8 Å². The van der Waals surface area contributed by atoms with Gasteiger partial charge in [0.2, 0.25) is 6.10 Å². The second-order valence-electron chi connectivity index (χ2n) is 6.89. The van der Waals surface area contributed by atoms with E-state index in [9.17, 15) is 9.59 Å². The SMILES string of the molecule is Cc1ccc2c(c1)C(OC(=O)c1ccccc1)C(=O)N2CCC(C)C. The van der Waals surface area contributed by atoms with E-state index in [1.165, 1.54) is 0 Å². The van der Waals surface area contributed by atoms with Gasteiger partial charge >= 0.3 is 5.97 Å². The molecule has 0 saturated heterocycles. The van der Waals surface area contributed by atoms with Crippen LogP contribution in [0, 0.1) is 12.8 Å². The molecule has 1 atom stereocenters. The maximum absolute atomic E-state index is 12.9. The summed E-state index contributed by atoms with van der Waals surface area (Å²) in [6.45, 7) is 6.86. The molecule has 1 amide bonds. The maximum atomic E-state index is 12.9. The minimum atomic E-state index is -0.866. The third-order valence-electron chi connectivity index (χ3n) is 4.41. The Morgan fingerprint density at radius 2 is 1.88 bits per heavy atom. The predicted molar refractivity (Wildman–Crippen MR) is 97.6 cm³/mol. The van der Waals surface area contributed by atoms with Gasteiger partial charge in [-0.25, -0.2) is 4.79 Å². The number of rotatable bonds is 5. The lowest BCUT2D eigenvalue weighted by atomic mass is 10.1. The summed E-state index contributed by atoms with van der Waals surface area (Å²) in [7, 11) is 0. The van der Waals surface area contributed by atoms with Gasteiger partial charge in [0.1, 0.15) is 0 Å². The Morgan fingerprint density at radius 1 is 1.16 bits per heavy atom. The van der Waals surface area contributed by atoms with E-state index in [0.29, 0.717) is 18.0 Å². The highest BCUT2D eigenvalue weighted by atomic mass is 16.5. The average molecular weight is 337 g/mol. The van der Waals surface area contributed by atoms with Crippen LogP contribution < -0.4 is 4.90 Å². The lowest BCUT2D eigenvalue weighted by molar-refractivity contribution is -0.126. The molecule has 2 aromatic rings. The number of amides is 1. The third-order valence-corrected chi connectivity index (χ3v) is 4.41. The van der Waals surface area contributed by atoms with Crippen LogP contribution in [-0.4, -0.2) is 18.4 Å². The van der Waals surface area contributed by atoms with Gasteiger partial charge in [0.15, 0.2) is 0 Å². The molecule has 1 aliphatic heterocycles. The number of hydrogen-bond donors (Lipinski definition) is 0. The van der Waals surface area contributed by atoms with Gasteiger partial charge in [-0.1, -0.05) is 43.7 Å². The van der Waals surface area contributed by atoms with Crippen molar-refractivity contribution in [3.8, 4) is 0 Å². The molecule has 0 aliphatic carbocycles. The Morgan fingerprint density at radius 3 is 2.56 bits per heavy atom. The van der Waals surface area contributed by atoms with Crippen LogP contribution in [0.1, 0.15) is 47.9 Å². The largest absolute Gasteiger partial charge is 0.444 e. The van der Waals surface area contributed by atoms with E-state index in [0.717, 1.165) is 23.2 Å². The van der Waals surface area contributed by atoms with Gasteiger partial charge in [0, 0.05) is 12.1 Å². The first-order chi connectivity index (χ1) is 12.0. The van der Waals surface area contributed by atoms with Crippen LogP contribution in [0.2, 0.25) is 0 Å². The van der Waals surface area contributed by atoms with Gasteiger partial charge in [0.25, 0.3) is 5.91 Å². The Balaban J connectivity index is 1.88. The smallest absolute Gasteiger partial charge is 0.339 e. The summed E-state index contributed by atoms with van der Waals surface area (Å²) in [5.41, 5.74) is 3.11. The van der Waals surface area contributed by atoms with Crippen molar-refractivity contribution in [1.29, 1.82) is 0 Å². The second-order valence-corrected chi connectivity index (χ2v) is 6.89. The van der Waals surface area contributed by atoms with E-state index >= 15 is 0 Å². The van der Waals surface area contributed by atoms with Crippen LogP contribution in [0.3, 0.4) is 0 Å². The highest BCUT2D eigenvalue weighted by Crippen LogP contribution is 2.39. The van der Waals surface area contributed by atoms with Crippen molar-refractivity contribution in [3.63, 3.8) is 0 Å². The zero-order valence-corrected chi connectivity index (χ0v) is 14.9. The van der Waals surface area contributed by atoms with Crippen molar-refractivity contribution in [2.75, 3.05) is 11.4 Å². The van der Waals surface area contributed by atoms with Crippen molar-refractivity contribution in [1.82, 2.24) is 0 Å². The summed E-state index contributed by atoms with van der Waals surface area (Å²) in [4.78, 5) is 27.1. The fraction of sp³-hybridized carbons (Fsp3) is 0.333. The molecule has 1 unspecified atom stereocenters. The summed E-state index contributed by atoms with van der Waals surface area (Å²) < 4.78 is 5.60. The number of carbonyl (C=O) groups excluding carboxylic acids is 2. The number of carbonyl (C=O) groups is 2. The quantitative estimate of drug-likeness (QED) is 0.765. The normalized spacial score (nSPS) is 16.2. The predicted octanol–water partition coefficient (Wildman–Crippen LogP) is 4.29. The third kappa shape index (κ3) is 3.58. The van der Waals surface area contributed by atoms with Crippen LogP contribution in [0.15, 0.2) is 48.5 Å². The summed E-state index contributed by atoms with van der Waals surface area (Å²) in [6.07, 6.45) is 0.0352. The van der Waals surface area contributed by atoms with Crippen LogP contribution in [0.25, 0.3) is 0 Å². The number of esters is 1. The van der Waals surface area contributed by atoms with E-state index in [1.54, 1.807) is 29.2 Å². The van der Waals surface area contributed by atoms with Crippen molar-refractivity contribution in [3.05, 3.63) is 65.2 Å². The monoisotopic (exact) mass is 337 g/mol. The molecule has 0 bridgehead atoms. The van der Waals surface area contributed by atoms with Crippen LogP contribution >= 0.6 is 0 Å². The zero-order chi connectivity index (χ0) is 18.0. The highest BCUT2D eigenvalue weighted by Gasteiger charge is 2.40. The fourth-order valence-corrected chi connectivity index (χ4v) is 3.00. The minimum absolute atomic E-state index is 0.162. The molecule has 1 heterocycles. The van der Waals surface area contributed by atoms with Crippen molar-refractivity contribution in [2.45, 2.75) is 33.3 Å². The van der Waals surface area contributed by atoms with Gasteiger partial charge in [0.05, 0.1) is 11.3 Å². The van der Waals surface area contributed by atoms with E-state index < -0.39 is 12.1 Å². The molecular formula is C21H23NO3. The number of fused-ring (bicyclic) bond motifs is 1. The first-order valence-corrected chi connectivity index (χ1v) is 8.65. The van der Waals surface area contributed by atoms with Gasteiger partial charge in [-0.05, 0) is 43.5 Å². The summed E-state index contributed by atoms with van der Waals surface area (Å²) >= 11 is 0. The first-order valence-electron chi connectivity index (χ1n) is 8.65. The standard InChI is InChI=1S/C21H23NO3/c1-14(2)11-12-22-18-10-9-15(3)13-17(18)19(20(22)23)25-21(24)16-7-5-4-6-8-16/h4-10,13-14,19H,11-12H2,1-3H3. The van der Waals surface area contributed by atoms with Gasteiger partial charge in [-0.15, -0.1) is 0 Å². The molecule has 0 N–H and O–H groups in total. The second kappa shape index (κ2) is 7.09. The lowest BCUT2D eigenvalue weighted by Gasteiger charge is -2.19.